The molecule has 1 aromatic carbocycles. The molecule has 0 aliphatic carbocycles. The molecule has 0 saturated carbocycles. The van der Waals surface area contributed by atoms with Crippen LogP contribution in [0.2, 0.25) is 5.02 Å². The SMILES string of the molecule is CCOC(=O)c1sc(NC(=O)c2nc(SCc3ccccc3C)ncc2Cl)c(C(=O)OCC)c1C. The molecule has 184 valence electrons. The van der Waals surface area contributed by atoms with Gasteiger partial charge in [0.05, 0.1) is 30.0 Å². The lowest BCUT2D eigenvalue weighted by Gasteiger charge is -2.09. The van der Waals surface area contributed by atoms with Gasteiger partial charge >= 0.3 is 11.9 Å². The molecule has 0 aliphatic rings. The fourth-order valence-electron chi connectivity index (χ4n) is 3.10. The molecule has 8 nitrogen and oxygen atoms in total. The summed E-state index contributed by atoms with van der Waals surface area (Å²) in [5.74, 6) is -1.27. The number of nitrogens with zero attached hydrogens (tertiary/aromatic N) is 2. The molecule has 0 atom stereocenters. The third-order valence-electron chi connectivity index (χ3n) is 4.87. The van der Waals surface area contributed by atoms with E-state index in [1.54, 1.807) is 20.8 Å². The molecule has 3 aromatic rings. The third kappa shape index (κ3) is 6.39. The van der Waals surface area contributed by atoms with Crippen LogP contribution in [0.25, 0.3) is 0 Å². The monoisotopic (exact) mass is 533 g/mol. The number of benzene rings is 1. The first-order valence-corrected chi connectivity index (χ1v) is 12.9. The predicted molar refractivity (Wildman–Crippen MR) is 137 cm³/mol. The van der Waals surface area contributed by atoms with E-state index in [1.165, 1.54) is 18.0 Å². The zero-order chi connectivity index (χ0) is 25.5. The van der Waals surface area contributed by atoms with Crippen LogP contribution < -0.4 is 5.32 Å². The minimum Gasteiger partial charge on any atom is -0.462 e. The van der Waals surface area contributed by atoms with Gasteiger partial charge in [-0.05, 0) is 44.4 Å². The van der Waals surface area contributed by atoms with Crippen molar-refractivity contribution in [2.45, 2.75) is 38.6 Å². The summed E-state index contributed by atoms with van der Waals surface area (Å²) in [6.07, 6.45) is 1.36. The van der Waals surface area contributed by atoms with E-state index in [0.717, 1.165) is 22.5 Å². The van der Waals surface area contributed by atoms with Crippen molar-refractivity contribution >= 4 is 57.5 Å². The average Bonchev–Trinajstić information content (AvgIpc) is 3.15. The van der Waals surface area contributed by atoms with Gasteiger partial charge in [-0.15, -0.1) is 11.3 Å². The van der Waals surface area contributed by atoms with E-state index < -0.39 is 17.8 Å². The topological polar surface area (TPSA) is 107 Å². The van der Waals surface area contributed by atoms with E-state index in [-0.39, 0.29) is 39.4 Å². The van der Waals surface area contributed by atoms with Gasteiger partial charge in [0.1, 0.15) is 9.88 Å². The number of anilines is 1. The molecule has 3 rings (SSSR count). The van der Waals surface area contributed by atoms with Gasteiger partial charge < -0.3 is 14.8 Å². The average molecular weight is 534 g/mol. The van der Waals surface area contributed by atoms with Crippen LogP contribution in [0.1, 0.15) is 61.1 Å². The number of ether oxygens (including phenoxy) is 2. The minimum absolute atomic E-state index is 0.0486. The van der Waals surface area contributed by atoms with Crippen LogP contribution in [0.5, 0.6) is 0 Å². The summed E-state index contributed by atoms with van der Waals surface area (Å²) in [4.78, 5) is 46.8. The molecule has 11 heteroatoms. The molecule has 1 amide bonds. The zero-order valence-electron chi connectivity index (χ0n) is 19.6. The Morgan fingerprint density at radius 3 is 2.46 bits per heavy atom. The van der Waals surface area contributed by atoms with Crippen LogP contribution in [0, 0.1) is 13.8 Å². The fourth-order valence-corrected chi connectivity index (χ4v) is 5.25. The quantitative estimate of drug-likeness (QED) is 0.212. The highest BCUT2D eigenvalue weighted by atomic mass is 35.5. The molecule has 0 aliphatic heterocycles. The van der Waals surface area contributed by atoms with Gasteiger partial charge in [0, 0.05) is 5.75 Å². The lowest BCUT2D eigenvalue weighted by molar-refractivity contribution is 0.0527. The Hall–Kier alpha value is -2.95. The van der Waals surface area contributed by atoms with Crippen molar-refractivity contribution in [1.29, 1.82) is 0 Å². The Balaban J connectivity index is 1.87. The molecule has 0 spiro atoms. The zero-order valence-corrected chi connectivity index (χ0v) is 22.0. The Labute approximate surface area is 216 Å². The number of amides is 1. The summed E-state index contributed by atoms with van der Waals surface area (Å²) < 4.78 is 10.2. The number of nitrogens with one attached hydrogen (secondary N) is 1. The smallest absolute Gasteiger partial charge is 0.348 e. The van der Waals surface area contributed by atoms with E-state index in [2.05, 4.69) is 15.3 Å². The molecule has 0 unspecified atom stereocenters. The molecule has 0 bridgehead atoms. The Kier molecular flexibility index (Phi) is 9.25. The van der Waals surface area contributed by atoms with E-state index in [9.17, 15) is 14.4 Å². The van der Waals surface area contributed by atoms with Gasteiger partial charge in [-0.2, -0.15) is 0 Å². The predicted octanol–water partition coefficient (Wildman–Crippen LogP) is 5.71. The number of thioether (sulfide) groups is 1. The van der Waals surface area contributed by atoms with E-state index in [4.69, 9.17) is 21.1 Å². The highest BCUT2D eigenvalue weighted by molar-refractivity contribution is 7.98. The van der Waals surface area contributed by atoms with Crippen molar-refractivity contribution in [3.63, 3.8) is 0 Å². The Morgan fingerprint density at radius 1 is 1.09 bits per heavy atom. The van der Waals surface area contributed by atoms with Crippen molar-refractivity contribution in [3.8, 4) is 0 Å². The van der Waals surface area contributed by atoms with Crippen LogP contribution in [0.4, 0.5) is 5.00 Å². The molecule has 0 fully saturated rings. The highest BCUT2D eigenvalue weighted by Crippen LogP contribution is 2.35. The van der Waals surface area contributed by atoms with E-state index in [1.807, 2.05) is 31.2 Å². The summed E-state index contributed by atoms with van der Waals surface area (Å²) in [7, 11) is 0. The second-order valence-corrected chi connectivity index (χ2v) is 9.59. The number of carbonyl (C=O) groups excluding carboxylic acids is 3. The maximum absolute atomic E-state index is 13.1. The summed E-state index contributed by atoms with van der Waals surface area (Å²) in [5, 5.41) is 3.25. The summed E-state index contributed by atoms with van der Waals surface area (Å²) in [5.41, 5.74) is 2.68. The van der Waals surface area contributed by atoms with E-state index in [0.29, 0.717) is 16.5 Å². The van der Waals surface area contributed by atoms with Gasteiger partial charge in [0.2, 0.25) is 0 Å². The standard InChI is InChI=1S/C24H24ClN3O5S2/c1-5-32-22(30)17-14(4)19(23(31)33-6-2)35-21(17)28-20(29)18-16(25)11-26-24(27-18)34-12-15-10-8-7-9-13(15)3/h7-11H,5-6,12H2,1-4H3,(H,28,29). The van der Waals surface area contributed by atoms with Crippen molar-refractivity contribution in [2.24, 2.45) is 0 Å². The molecule has 2 heterocycles. The number of hydrogen-bond acceptors (Lipinski definition) is 9. The molecule has 0 saturated heterocycles. The van der Waals surface area contributed by atoms with Crippen LogP contribution in [0.3, 0.4) is 0 Å². The molecular weight excluding hydrogens is 510 g/mol. The third-order valence-corrected chi connectivity index (χ3v) is 7.24. The maximum Gasteiger partial charge on any atom is 0.348 e. The van der Waals surface area contributed by atoms with Crippen LogP contribution in [-0.2, 0) is 15.2 Å². The summed E-state index contributed by atoms with van der Waals surface area (Å²) >= 11 is 8.53. The van der Waals surface area contributed by atoms with Crippen LogP contribution in [0.15, 0.2) is 35.6 Å². The Morgan fingerprint density at radius 2 is 1.77 bits per heavy atom. The minimum atomic E-state index is -0.657. The first-order valence-electron chi connectivity index (χ1n) is 10.8. The van der Waals surface area contributed by atoms with Crippen molar-refractivity contribution in [1.82, 2.24) is 9.97 Å². The van der Waals surface area contributed by atoms with Crippen molar-refractivity contribution in [3.05, 3.63) is 68.3 Å². The lowest BCUT2D eigenvalue weighted by Crippen LogP contribution is -2.17. The second-order valence-electron chi connectivity index (χ2n) is 7.22. The first-order chi connectivity index (χ1) is 16.8. The Bertz CT molecular complexity index is 1260. The van der Waals surface area contributed by atoms with Crippen molar-refractivity contribution < 1.29 is 23.9 Å². The molecule has 2 aromatic heterocycles. The maximum atomic E-state index is 13.1. The fraction of sp³-hybridized carbons (Fsp3) is 0.292. The van der Waals surface area contributed by atoms with Crippen molar-refractivity contribution in [2.75, 3.05) is 18.5 Å². The van der Waals surface area contributed by atoms with Crippen LogP contribution >= 0.6 is 34.7 Å². The van der Waals surface area contributed by atoms with Gasteiger partial charge in [0.25, 0.3) is 5.91 Å². The second kappa shape index (κ2) is 12.1. The molecular formula is C24H24ClN3O5S2. The van der Waals surface area contributed by atoms with Crippen LogP contribution in [-0.4, -0.2) is 41.0 Å². The normalized spacial score (nSPS) is 10.7. The molecule has 0 radical (unpaired) electrons. The van der Waals surface area contributed by atoms with E-state index >= 15 is 0 Å². The molecule has 35 heavy (non-hydrogen) atoms. The van der Waals surface area contributed by atoms with Gasteiger partial charge in [-0.3, -0.25) is 4.79 Å². The number of hydrogen-bond donors (Lipinski definition) is 1. The number of carbonyl (C=O) groups is 3. The van der Waals surface area contributed by atoms with Gasteiger partial charge in [-0.25, -0.2) is 19.6 Å². The number of thiophene rings is 1. The summed E-state index contributed by atoms with van der Waals surface area (Å²) in [6.45, 7) is 7.28. The highest BCUT2D eigenvalue weighted by Gasteiger charge is 2.28. The molecule has 1 N–H and O–H groups in total. The number of halogens is 1. The largest absolute Gasteiger partial charge is 0.462 e. The lowest BCUT2D eigenvalue weighted by atomic mass is 10.1. The number of esters is 2. The number of aromatic nitrogens is 2. The van der Waals surface area contributed by atoms with Gasteiger partial charge in [0.15, 0.2) is 10.9 Å². The van der Waals surface area contributed by atoms with Gasteiger partial charge in [-0.1, -0.05) is 47.6 Å². The summed E-state index contributed by atoms with van der Waals surface area (Å²) in [6, 6.07) is 7.96. The number of rotatable bonds is 9. The number of aryl methyl sites for hydroxylation is 1. The first kappa shape index (κ1) is 26.7.